The molecule has 0 spiro atoms. The van der Waals surface area contributed by atoms with Gasteiger partial charge in [0.05, 0.1) is 25.4 Å². The molecule has 42 heavy (non-hydrogen) atoms. The molecule has 3 aromatic rings. The number of nitrogens with zero attached hydrogens (tertiary/aromatic N) is 2. The summed E-state index contributed by atoms with van der Waals surface area (Å²) in [6, 6.07) is 22.9. The largest absolute Gasteiger partial charge is 0.378 e. The lowest BCUT2D eigenvalue weighted by Gasteiger charge is -2.27. The Labute approximate surface area is 247 Å². The normalized spacial score (nSPS) is 17.3. The number of rotatable bonds is 7. The predicted octanol–water partition coefficient (Wildman–Crippen LogP) is 4.31. The van der Waals surface area contributed by atoms with Crippen LogP contribution in [0.15, 0.2) is 72.8 Å². The Balaban J connectivity index is 1.34. The van der Waals surface area contributed by atoms with E-state index < -0.39 is 11.6 Å². The van der Waals surface area contributed by atoms with E-state index in [-0.39, 0.29) is 24.3 Å². The summed E-state index contributed by atoms with van der Waals surface area (Å²) in [7, 11) is 0. The SMILES string of the molecule is CC(C)(N)CC(=O)N[C@@H]1CCc2ccccc2N(Cc2ccc(-c3ccccc3NC(=O)N3CCOCC3)cc2)C1=O. The molecule has 9 heteroatoms. The van der Waals surface area contributed by atoms with Crippen LogP contribution in [0.25, 0.3) is 11.1 Å². The highest BCUT2D eigenvalue weighted by atomic mass is 16.5. The van der Waals surface area contributed by atoms with E-state index in [1.54, 1.807) is 23.6 Å². The summed E-state index contributed by atoms with van der Waals surface area (Å²) in [5, 5.41) is 5.99. The van der Waals surface area contributed by atoms with Crippen LogP contribution >= 0.6 is 0 Å². The second kappa shape index (κ2) is 12.8. The van der Waals surface area contributed by atoms with Crippen molar-refractivity contribution in [3.63, 3.8) is 0 Å². The summed E-state index contributed by atoms with van der Waals surface area (Å²) in [5.41, 5.74) is 10.9. The molecule has 1 saturated heterocycles. The number of anilines is 2. The Morgan fingerprint density at radius 3 is 2.40 bits per heavy atom. The van der Waals surface area contributed by atoms with E-state index in [1.165, 1.54) is 0 Å². The van der Waals surface area contributed by atoms with Crippen molar-refractivity contribution in [3.8, 4) is 11.1 Å². The van der Waals surface area contributed by atoms with Crippen molar-refractivity contribution >= 4 is 29.2 Å². The van der Waals surface area contributed by atoms with Gasteiger partial charge in [-0.25, -0.2) is 4.79 Å². The average Bonchev–Trinajstić information content (AvgIpc) is 3.10. The number of amides is 4. The van der Waals surface area contributed by atoms with Gasteiger partial charge in [-0.15, -0.1) is 0 Å². The number of hydrogen-bond donors (Lipinski definition) is 3. The summed E-state index contributed by atoms with van der Waals surface area (Å²) in [5.74, 6) is -0.362. The summed E-state index contributed by atoms with van der Waals surface area (Å²) in [4.78, 5) is 42.9. The fourth-order valence-corrected chi connectivity index (χ4v) is 5.45. The van der Waals surface area contributed by atoms with E-state index in [4.69, 9.17) is 10.5 Å². The van der Waals surface area contributed by atoms with Crippen LogP contribution in [-0.4, -0.2) is 60.6 Å². The summed E-state index contributed by atoms with van der Waals surface area (Å²) in [6.45, 7) is 6.17. The van der Waals surface area contributed by atoms with Gasteiger partial charge in [0.1, 0.15) is 6.04 Å². The van der Waals surface area contributed by atoms with Crippen molar-refractivity contribution in [1.29, 1.82) is 0 Å². The fourth-order valence-electron chi connectivity index (χ4n) is 5.45. The third kappa shape index (κ3) is 7.16. The smallest absolute Gasteiger partial charge is 0.322 e. The molecular formula is C33H39N5O4. The maximum absolute atomic E-state index is 13.8. The van der Waals surface area contributed by atoms with E-state index in [0.717, 1.165) is 33.6 Å². The maximum atomic E-state index is 13.8. The zero-order valence-electron chi connectivity index (χ0n) is 24.3. The van der Waals surface area contributed by atoms with Crippen molar-refractivity contribution in [1.82, 2.24) is 10.2 Å². The first-order valence-corrected chi connectivity index (χ1v) is 14.5. The van der Waals surface area contributed by atoms with Crippen molar-refractivity contribution in [2.45, 2.75) is 51.2 Å². The minimum Gasteiger partial charge on any atom is -0.378 e. The fraction of sp³-hybridized carbons (Fsp3) is 0.364. The number of benzene rings is 3. The molecule has 0 bridgehead atoms. The number of carbonyl (C=O) groups is 3. The summed E-state index contributed by atoms with van der Waals surface area (Å²) < 4.78 is 5.36. The Kier molecular flexibility index (Phi) is 8.89. The number of aryl methyl sites for hydroxylation is 1. The summed E-state index contributed by atoms with van der Waals surface area (Å²) in [6.07, 6.45) is 1.34. The van der Waals surface area contributed by atoms with Gasteiger partial charge in [-0.1, -0.05) is 60.7 Å². The number of carbonyl (C=O) groups excluding carboxylic acids is 3. The van der Waals surface area contributed by atoms with Gasteiger partial charge in [-0.05, 0) is 55.5 Å². The molecule has 1 atom stereocenters. The number of morpholine rings is 1. The van der Waals surface area contributed by atoms with Crippen LogP contribution < -0.4 is 21.3 Å². The first-order valence-electron chi connectivity index (χ1n) is 14.5. The number of nitrogens with two attached hydrogens (primary N) is 1. The van der Waals surface area contributed by atoms with Gasteiger partial charge in [-0.3, -0.25) is 9.59 Å². The molecule has 0 saturated carbocycles. The van der Waals surface area contributed by atoms with Gasteiger partial charge in [0.15, 0.2) is 0 Å². The molecule has 1 fully saturated rings. The highest BCUT2D eigenvalue weighted by Crippen LogP contribution is 2.31. The third-order valence-corrected chi connectivity index (χ3v) is 7.57. The lowest BCUT2D eigenvalue weighted by molar-refractivity contribution is -0.128. The molecule has 2 aliphatic rings. The van der Waals surface area contributed by atoms with E-state index in [0.29, 0.717) is 45.7 Å². The monoisotopic (exact) mass is 569 g/mol. The number of nitrogens with one attached hydrogen (secondary N) is 2. The highest BCUT2D eigenvalue weighted by Gasteiger charge is 2.32. The van der Waals surface area contributed by atoms with E-state index in [9.17, 15) is 14.4 Å². The number of ether oxygens (including phenoxy) is 1. The van der Waals surface area contributed by atoms with Crippen LogP contribution in [0.2, 0.25) is 0 Å². The molecule has 220 valence electrons. The van der Waals surface area contributed by atoms with Crippen LogP contribution in [0.4, 0.5) is 16.2 Å². The maximum Gasteiger partial charge on any atom is 0.322 e. The minimum atomic E-state index is -0.661. The molecule has 4 amide bonds. The highest BCUT2D eigenvalue weighted by molar-refractivity contribution is 6.00. The molecular weight excluding hydrogens is 530 g/mol. The van der Waals surface area contributed by atoms with Gasteiger partial charge >= 0.3 is 6.03 Å². The number of fused-ring (bicyclic) bond motifs is 1. The Morgan fingerprint density at radius 1 is 0.976 bits per heavy atom. The van der Waals surface area contributed by atoms with Crippen LogP contribution in [0.1, 0.15) is 37.8 Å². The van der Waals surface area contributed by atoms with Gasteiger partial charge in [0.25, 0.3) is 0 Å². The molecule has 4 N–H and O–H groups in total. The lowest BCUT2D eigenvalue weighted by atomic mass is 10.0. The van der Waals surface area contributed by atoms with Crippen molar-refractivity contribution in [2.75, 3.05) is 36.5 Å². The molecule has 0 unspecified atom stereocenters. The van der Waals surface area contributed by atoms with E-state index in [1.807, 2.05) is 72.8 Å². The van der Waals surface area contributed by atoms with Gasteiger partial charge in [-0.2, -0.15) is 0 Å². The predicted molar refractivity (Wildman–Crippen MR) is 164 cm³/mol. The number of para-hydroxylation sites is 2. The molecule has 5 rings (SSSR count). The molecule has 9 nitrogen and oxygen atoms in total. The van der Waals surface area contributed by atoms with Crippen molar-refractivity contribution in [3.05, 3.63) is 83.9 Å². The second-order valence-electron chi connectivity index (χ2n) is 11.6. The molecule has 2 aliphatic heterocycles. The molecule has 2 heterocycles. The van der Waals surface area contributed by atoms with E-state index >= 15 is 0 Å². The third-order valence-electron chi connectivity index (χ3n) is 7.57. The topological polar surface area (TPSA) is 117 Å². The Morgan fingerprint density at radius 2 is 1.67 bits per heavy atom. The quantitative estimate of drug-likeness (QED) is 0.392. The van der Waals surface area contributed by atoms with Crippen LogP contribution in [0, 0.1) is 0 Å². The lowest BCUT2D eigenvalue weighted by Crippen LogP contribution is -2.49. The standard InChI is InChI=1S/C33H39N5O4/c1-33(2,34)21-30(39)35-28-16-15-25-7-3-6-10-29(25)38(31(28)40)22-23-11-13-24(14-12-23)26-8-4-5-9-27(26)36-32(41)37-17-19-42-20-18-37/h3-14,28H,15-22,34H2,1-2H3,(H,35,39)(H,36,41)/t28-/m1/s1. The first kappa shape index (κ1) is 29.3. The zero-order chi connectivity index (χ0) is 29.7. The minimum absolute atomic E-state index is 0.136. The van der Waals surface area contributed by atoms with Crippen LogP contribution in [0.5, 0.6) is 0 Å². The second-order valence-corrected chi connectivity index (χ2v) is 11.6. The molecule has 3 aromatic carbocycles. The Bertz CT molecular complexity index is 1430. The van der Waals surface area contributed by atoms with Gasteiger partial charge in [0, 0.05) is 36.3 Å². The van der Waals surface area contributed by atoms with Crippen molar-refractivity contribution < 1.29 is 19.1 Å². The average molecular weight is 570 g/mol. The molecule has 0 aliphatic carbocycles. The number of hydrogen-bond acceptors (Lipinski definition) is 5. The van der Waals surface area contributed by atoms with Crippen LogP contribution in [-0.2, 0) is 27.3 Å². The summed E-state index contributed by atoms with van der Waals surface area (Å²) >= 11 is 0. The molecule has 0 radical (unpaired) electrons. The Hall–Kier alpha value is -4.21. The van der Waals surface area contributed by atoms with Gasteiger partial charge < -0.3 is 30.9 Å². The van der Waals surface area contributed by atoms with Crippen LogP contribution in [0.3, 0.4) is 0 Å². The molecule has 0 aromatic heterocycles. The van der Waals surface area contributed by atoms with E-state index in [2.05, 4.69) is 10.6 Å². The van der Waals surface area contributed by atoms with Crippen molar-refractivity contribution in [2.24, 2.45) is 5.73 Å². The van der Waals surface area contributed by atoms with Gasteiger partial charge in [0.2, 0.25) is 11.8 Å². The first-order chi connectivity index (χ1) is 20.2. The zero-order valence-corrected chi connectivity index (χ0v) is 24.3. The number of urea groups is 1.